The average molecular weight is 241 g/mol. The number of ketones is 2. The lowest BCUT2D eigenvalue weighted by molar-refractivity contribution is -0.498. The fourth-order valence-electron chi connectivity index (χ4n) is 1.41. The molecule has 0 aromatic heterocycles. The molecule has 0 aliphatic carbocycles. The SMILES string of the molecule is CC(=O)C(C(C)=O)C(C[N+](=O)[O-])C(F)(F)F. The Morgan fingerprint density at radius 2 is 1.62 bits per heavy atom. The largest absolute Gasteiger partial charge is 0.399 e. The molecule has 5 nitrogen and oxygen atoms in total. The van der Waals surface area contributed by atoms with Gasteiger partial charge in [-0.3, -0.25) is 19.7 Å². The molecule has 0 spiro atoms. The molecule has 92 valence electrons. The maximum Gasteiger partial charge on any atom is 0.399 e. The lowest BCUT2D eigenvalue weighted by atomic mass is 9.85. The Bertz CT molecular complexity index is 299. The third-order valence-electron chi connectivity index (χ3n) is 2.04. The van der Waals surface area contributed by atoms with Gasteiger partial charge in [0.05, 0.1) is 5.92 Å². The minimum atomic E-state index is -4.95. The summed E-state index contributed by atoms with van der Waals surface area (Å²) in [6.07, 6.45) is -4.95. The third-order valence-corrected chi connectivity index (χ3v) is 2.04. The van der Waals surface area contributed by atoms with Crippen LogP contribution in [0.2, 0.25) is 0 Å². The fourth-order valence-corrected chi connectivity index (χ4v) is 1.41. The van der Waals surface area contributed by atoms with Crippen LogP contribution < -0.4 is 0 Å². The van der Waals surface area contributed by atoms with Crippen molar-refractivity contribution in [2.24, 2.45) is 11.8 Å². The maximum atomic E-state index is 12.4. The summed E-state index contributed by atoms with van der Waals surface area (Å²) < 4.78 is 37.3. The van der Waals surface area contributed by atoms with Crippen LogP contribution in [0.1, 0.15) is 13.8 Å². The molecule has 0 aromatic rings. The average Bonchev–Trinajstić information content (AvgIpc) is 1.98. The van der Waals surface area contributed by atoms with E-state index in [-0.39, 0.29) is 0 Å². The maximum absolute atomic E-state index is 12.4. The van der Waals surface area contributed by atoms with Gasteiger partial charge >= 0.3 is 6.18 Å². The number of hydrogen-bond acceptors (Lipinski definition) is 4. The van der Waals surface area contributed by atoms with Gasteiger partial charge in [-0.2, -0.15) is 13.2 Å². The van der Waals surface area contributed by atoms with Crippen molar-refractivity contribution in [3.05, 3.63) is 10.1 Å². The third kappa shape index (κ3) is 3.95. The Hall–Kier alpha value is -1.47. The van der Waals surface area contributed by atoms with Crippen LogP contribution in [0.4, 0.5) is 13.2 Å². The first-order valence-electron chi connectivity index (χ1n) is 4.26. The molecule has 1 atom stereocenters. The molecular formula is C8H10F3NO4. The fraction of sp³-hybridized carbons (Fsp3) is 0.750. The number of hydrogen-bond donors (Lipinski definition) is 0. The van der Waals surface area contributed by atoms with Crippen LogP contribution >= 0.6 is 0 Å². The van der Waals surface area contributed by atoms with Gasteiger partial charge in [-0.1, -0.05) is 0 Å². The van der Waals surface area contributed by atoms with Gasteiger partial charge in [0.2, 0.25) is 6.54 Å². The lowest BCUT2D eigenvalue weighted by Gasteiger charge is -2.22. The number of alkyl halides is 3. The van der Waals surface area contributed by atoms with E-state index in [0.717, 1.165) is 13.8 Å². The van der Waals surface area contributed by atoms with Crippen LogP contribution in [-0.2, 0) is 9.59 Å². The molecule has 1 unspecified atom stereocenters. The zero-order valence-electron chi connectivity index (χ0n) is 8.58. The van der Waals surface area contributed by atoms with E-state index in [9.17, 15) is 32.9 Å². The molecule has 16 heavy (non-hydrogen) atoms. The van der Waals surface area contributed by atoms with Gasteiger partial charge in [0.15, 0.2) is 0 Å². The van der Waals surface area contributed by atoms with Crippen LogP contribution in [0.5, 0.6) is 0 Å². The van der Waals surface area contributed by atoms with E-state index < -0.39 is 41.0 Å². The number of nitro groups is 1. The number of Topliss-reactive ketones (excluding diaryl/α,β-unsaturated/α-hetero) is 2. The molecule has 0 N–H and O–H groups in total. The summed E-state index contributed by atoms with van der Waals surface area (Å²) in [5.41, 5.74) is 0. The first-order valence-corrected chi connectivity index (χ1v) is 4.26. The Kier molecular flexibility index (Phi) is 4.58. The predicted molar refractivity (Wildman–Crippen MR) is 46.3 cm³/mol. The molecule has 0 aromatic carbocycles. The molecule has 0 saturated heterocycles. The molecule has 0 heterocycles. The Labute approximate surface area is 88.8 Å². The minimum Gasteiger partial charge on any atom is -0.299 e. The molecule has 0 bridgehead atoms. The second kappa shape index (κ2) is 5.04. The van der Waals surface area contributed by atoms with Gasteiger partial charge in [-0.05, 0) is 13.8 Å². The van der Waals surface area contributed by atoms with Gasteiger partial charge in [0.1, 0.15) is 17.5 Å². The molecule has 0 aliphatic rings. The molecule has 0 aliphatic heterocycles. The Balaban J connectivity index is 5.21. The molecule has 0 amide bonds. The number of carbonyl (C=O) groups excluding carboxylic acids is 2. The zero-order chi connectivity index (χ0) is 13.1. The van der Waals surface area contributed by atoms with Crippen molar-refractivity contribution >= 4 is 11.6 Å². The van der Waals surface area contributed by atoms with Crippen molar-refractivity contribution in [2.75, 3.05) is 6.54 Å². The molecular weight excluding hydrogens is 231 g/mol. The van der Waals surface area contributed by atoms with E-state index in [4.69, 9.17) is 0 Å². The number of halogens is 3. The van der Waals surface area contributed by atoms with Crippen molar-refractivity contribution < 1.29 is 27.7 Å². The summed E-state index contributed by atoms with van der Waals surface area (Å²) >= 11 is 0. The lowest BCUT2D eigenvalue weighted by Crippen LogP contribution is -2.42. The Morgan fingerprint density at radius 1 is 1.25 bits per heavy atom. The molecule has 0 rings (SSSR count). The highest BCUT2D eigenvalue weighted by molar-refractivity contribution is 6.00. The predicted octanol–water partition coefficient (Wildman–Crippen LogP) is 1.24. The number of carbonyl (C=O) groups is 2. The van der Waals surface area contributed by atoms with E-state index in [1.807, 2.05) is 0 Å². The van der Waals surface area contributed by atoms with E-state index in [2.05, 4.69) is 0 Å². The van der Waals surface area contributed by atoms with E-state index in [1.165, 1.54) is 0 Å². The van der Waals surface area contributed by atoms with Crippen LogP contribution in [0.25, 0.3) is 0 Å². The van der Waals surface area contributed by atoms with Crippen LogP contribution in [-0.4, -0.2) is 29.2 Å². The first-order chi connectivity index (χ1) is 7.07. The number of rotatable bonds is 5. The topological polar surface area (TPSA) is 77.3 Å². The van der Waals surface area contributed by atoms with Crippen molar-refractivity contribution in [1.29, 1.82) is 0 Å². The summed E-state index contributed by atoms with van der Waals surface area (Å²) in [6, 6.07) is 0. The minimum absolute atomic E-state index is 0.810. The van der Waals surface area contributed by atoms with Crippen LogP contribution in [0.3, 0.4) is 0 Å². The smallest absolute Gasteiger partial charge is 0.299 e. The zero-order valence-corrected chi connectivity index (χ0v) is 8.58. The van der Waals surface area contributed by atoms with E-state index >= 15 is 0 Å². The van der Waals surface area contributed by atoms with Gasteiger partial charge in [-0.25, -0.2) is 0 Å². The van der Waals surface area contributed by atoms with Crippen molar-refractivity contribution in [1.82, 2.24) is 0 Å². The van der Waals surface area contributed by atoms with E-state index in [1.54, 1.807) is 0 Å². The quantitative estimate of drug-likeness (QED) is 0.412. The van der Waals surface area contributed by atoms with Gasteiger partial charge in [-0.15, -0.1) is 0 Å². The Morgan fingerprint density at radius 3 is 1.81 bits per heavy atom. The van der Waals surface area contributed by atoms with Crippen molar-refractivity contribution in [3.8, 4) is 0 Å². The first kappa shape index (κ1) is 14.5. The molecule has 8 heteroatoms. The summed E-state index contributed by atoms with van der Waals surface area (Å²) in [5.74, 6) is -6.59. The second-order valence-corrected chi connectivity index (χ2v) is 3.36. The summed E-state index contributed by atoms with van der Waals surface area (Å²) in [7, 11) is 0. The summed E-state index contributed by atoms with van der Waals surface area (Å²) in [5, 5.41) is 10.1. The van der Waals surface area contributed by atoms with Crippen LogP contribution in [0, 0.1) is 22.0 Å². The summed E-state index contributed by atoms with van der Waals surface area (Å²) in [4.78, 5) is 30.7. The van der Waals surface area contributed by atoms with Gasteiger partial charge in [0, 0.05) is 4.92 Å². The highest BCUT2D eigenvalue weighted by atomic mass is 19.4. The highest BCUT2D eigenvalue weighted by Crippen LogP contribution is 2.33. The van der Waals surface area contributed by atoms with Gasteiger partial charge < -0.3 is 0 Å². The highest BCUT2D eigenvalue weighted by Gasteiger charge is 2.51. The second-order valence-electron chi connectivity index (χ2n) is 3.36. The van der Waals surface area contributed by atoms with Crippen molar-refractivity contribution in [3.63, 3.8) is 0 Å². The molecule has 0 radical (unpaired) electrons. The number of nitrogens with zero attached hydrogens (tertiary/aromatic N) is 1. The standard InChI is InChI=1S/C8H10F3NO4/c1-4(13)7(5(2)14)6(3-12(15)16)8(9,10)11/h6-7H,3H2,1-2H3. The molecule has 0 fully saturated rings. The van der Waals surface area contributed by atoms with Crippen molar-refractivity contribution in [2.45, 2.75) is 20.0 Å². The monoisotopic (exact) mass is 241 g/mol. The molecule has 0 saturated carbocycles. The normalized spacial score (nSPS) is 13.6. The van der Waals surface area contributed by atoms with E-state index in [0.29, 0.717) is 0 Å². The van der Waals surface area contributed by atoms with Crippen LogP contribution in [0.15, 0.2) is 0 Å². The summed E-state index contributed by atoms with van der Waals surface area (Å²) in [6.45, 7) is 0.142. The van der Waals surface area contributed by atoms with Gasteiger partial charge in [0.25, 0.3) is 0 Å².